The van der Waals surface area contributed by atoms with E-state index in [9.17, 15) is 9.59 Å². The zero-order chi connectivity index (χ0) is 23.0. The van der Waals surface area contributed by atoms with Gasteiger partial charge in [-0.25, -0.2) is 4.79 Å². The highest BCUT2D eigenvalue weighted by molar-refractivity contribution is 5.89. The highest BCUT2D eigenvalue weighted by atomic mass is 16.5. The number of likely N-dealkylation sites (N-methyl/N-ethyl adjacent to an activating group) is 1. The lowest BCUT2D eigenvalue weighted by atomic mass is 9.83. The molecule has 2 aliphatic carbocycles. The fraction of sp³-hybridized carbons (Fsp3) is 0.538. The molecule has 0 radical (unpaired) electrons. The van der Waals surface area contributed by atoms with Crippen LogP contribution in [-0.2, 0) is 9.47 Å². The second-order valence-corrected chi connectivity index (χ2v) is 10.0. The van der Waals surface area contributed by atoms with Gasteiger partial charge in [0.1, 0.15) is 11.3 Å². The average molecular weight is 439 g/mol. The van der Waals surface area contributed by atoms with Crippen LogP contribution >= 0.6 is 0 Å². The number of aromatic nitrogens is 1. The normalized spacial score (nSPS) is 23.3. The number of nitrogens with zero attached hydrogens (tertiary/aromatic N) is 2. The Bertz CT molecular complexity index is 1050. The third kappa shape index (κ3) is 4.27. The van der Waals surface area contributed by atoms with Gasteiger partial charge < -0.3 is 18.9 Å². The molecule has 1 unspecified atom stereocenters. The van der Waals surface area contributed by atoms with Gasteiger partial charge in [-0.1, -0.05) is 32.9 Å². The number of fused-ring (bicyclic) bond motifs is 1. The number of allylic oxidation sites excluding steroid dienone is 4. The quantitative estimate of drug-likeness (QED) is 0.639. The lowest BCUT2D eigenvalue weighted by Gasteiger charge is -2.44. The lowest BCUT2D eigenvalue weighted by molar-refractivity contribution is 0.0493. The summed E-state index contributed by atoms with van der Waals surface area (Å²) < 4.78 is 13.4. The molecule has 6 nitrogen and oxygen atoms in total. The molecule has 0 spiro atoms. The first-order chi connectivity index (χ1) is 15.2. The van der Waals surface area contributed by atoms with Crippen molar-refractivity contribution in [2.24, 2.45) is 5.41 Å². The molecule has 2 heterocycles. The van der Waals surface area contributed by atoms with Gasteiger partial charge in [0.25, 0.3) is 0 Å². The lowest BCUT2D eigenvalue weighted by Crippen LogP contribution is -2.42. The van der Waals surface area contributed by atoms with Gasteiger partial charge >= 0.3 is 5.97 Å². The van der Waals surface area contributed by atoms with Crippen LogP contribution in [0.15, 0.2) is 46.6 Å². The number of hydrogen-bond acceptors (Lipinski definition) is 5. The van der Waals surface area contributed by atoms with Crippen molar-refractivity contribution >= 4 is 11.7 Å². The number of esters is 1. The summed E-state index contributed by atoms with van der Waals surface area (Å²) in [6.45, 7) is 9.31. The molecule has 0 bridgehead atoms. The van der Waals surface area contributed by atoms with Crippen LogP contribution < -0.4 is 5.43 Å². The standard InChI is InChI=1S/C26H34N2O4/c1-6-31-25(30)20-15-28-21(14-22(20)29)24(27(5)16-23(28)26(2,3)4)17-9-7-12-19(13-17)32-18-10-8-11-18/h7,9,12,14-15,18,23H,6,8,10-11,13,16H2,1-5H3/b24-17-. The monoisotopic (exact) mass is 438 g/mol. The molecule has 1 aliphatic heterocycles. The third-order valence-corrected chi connectivity index (χ3v) is 6.60. The van der Waals surface area contributed by atoms with E-state index in [1.165, 1.54) is 6.42 Å². The number of carbonyl (C=O) groups excluding carboxylic acids is 1. The van der Waals surface area contributed by atoms with Crippen LogP contribution in [0.3, 0.4) is 0 Å². The summed E-state index contributed by atoms with van der Waals surface area (Å²) in [7, 11) is 2.08. The second-order valence-electron chi connectivity index (χ2n) is 10.0. The number of carbonyl (C=O) groups is 1. The van der Waals surface area contributed by atoms with Crippen LogP contribution in [0.1, 0.15) is 75.5 Å². The summed E-state index contributed by atoms with van der Waals surface area (Å²) in [4.78, 5) is 27.6. The van der Waals surface area contributed by atoms with Crippen molar-refractivity contribution in [2.75, 3.05) is 20.2 Å². The van der Waals surface area contributed by atoms with Gasteiger partial charge in [-0.3, -0.25) is 4.79 Å². The molecule has 0 saturated heterocycles. The van der Waals surface area contributed by atoms with Crippen LogP contribution in [0.25, 0.3) is 5.70 Å². The largest absolute Gasteiger partial charge is 0.494 e. The summed E-state index contributed by atoms with van der Waals surface area (Å²) in [6, 6.07) is 1.69. The topological polar surface area (TPSA) is 60.8 Å². The minimum absolute atomic E-state index is 0.0684. The number of rotatable bonds is 4. The zero-order valence-electron chi connectivity index (χ0n) is 19.8. The van der Waals surface area contributed by atoms with E-state index < -0.39 is 5.97 Å². The van der Waals surface area contributed by atoms with Crippen molar-refractivity contribution in [1.29, 1.82) is 0 Å². The summed E-state index contributed by atoms with van der Waals surface area (Å²) in [5, 5.41) is 0. The maximum Gasteiger partial charge on any atom is 0.343 e. The fourth-order valence-electron chi connectivity index (χ4n) is 4.62. The van der Waals surface area contributed by atoms with Crippen LogP contribution in [0.2, 0.25) is 0 Å². The molecule has 172 valence electrons. The van der Waals surface area contributed by atoms with Crippen molar-refractivity contribution < 1.29 is 14.3 Å². The summed E-state index contributed by atoms with van der Waals surface area (Å²) in [5.74, 6) is 0.411. The van der Waals surface area contributed by atoms with Crippen LogP contribution in [0.5, 0.6) is 0 Å². The first kappa shape index (κ1) is 22.4. The first-order valence-electron chi connectivity index (χ1n) is 11.6. The van der Waals surface area contributed by atoms with Gasteiger partial charge in [0.05, 0.1) is 30.1 Å². The Morgan fingerprint density at radius 2 is 2.00 bits per heavy atom. The Labute approximate surface area is 190 Å². The summed E-state index contributed by atoms with van der Waals surface area (Å²) >= 11 is 0. The highest BCUT2D eigenvalue weighted by Crippen LogP contribution is 2.41. The average Bonchev–Trinajstić information content (AvgIpc) is 2.69. The Morgan fingerprint density at radius 3 is 2.62 bits per heavy atom. The predicted molar refractivity (Wildman–Crippen MR) is 125 cm³/mol. The highest BCUT2D eigenvalue weighted by Gasteiger charge is 2.36. The van der Waals surface area contributed by atoms with E-state index in [2.05, 4.69) is 43.4 Å². The van der Waals surface area contributed by atoms with Gasteiger partial charge in [-0.15, -0.1) is 0 Å². The minimum Gasteiger partial charge on any atom is -0.494 e. The van der Waals surface area contributed by atoms with Gasteiger partial charge in [0.15, 0.2) is 5.43 Å². The molecule has 32 heavy (non-hydrogen) atoms. The predicted octanol–water partition coefficient (Wildman–Crippen LogP) is 4.68. The summed E-state index contributed by atoms with van der Waals surface area (Å²) in [5.41, 5.74) is 2.68. The molecule has 6 heteroatoms. The van der Waals surface area contributed by atoms with Crippen molar-refractivity contribution in [3.63, 3.8) is 0 Å². The minimum atomic E-state index is -0.565. The van der Waals surface area contributed by atoms with E-state index in [0.29, 0.717) is 12.5 Å². The van der Waals surface area contributed by atoms with Crippen molar-refractivity contribution in [3.05, 3.63) is 63.3 Å². The summed E-state index contributed by atoms with van der Waals surface area (Å²) in [6.07, 6.45) is 12.4. The number of hydrogen-bond donors (Lipinski definition) is 0. The maximum absolute atomic E-state index is 12.9. The molecule has 0 aromatic carbocycles. The SMILES string of the molecule is CCOC(=O)c1cn2c(cc1=O)/C(=C1\C=CC=C(OC3CCC3)C1)N(C)CC2C(C)(C)C. The molecule has 1 aromatic rings. The smallest absolute Gasteiger partial charge is 0.343 e. The van der Waals surface area contributed by atoms with E-state index in [4.69, 9.17) is 9.47 Å². The van der Waals surface area contributed by atoms with Crippen molar-refractivity contribution in [2.45, 2.75) is 65.5 Å². The van der Waals surface area contributed by atoms with Crippen molar-refractivity contribution in [1.82, 2.24) is 9.47 Å². The maximum atomic E-state index is 12.9. The van der Waals surface area contributed by atoms with Crippen LogP contribution in [0, 0.1) is 5.41 Å². The first-order valence-corrected chi connectivity index (χ1v) is 11.6. The third-order valence-electron chi connectivity index (χ3n) is 6.60. The van der Waals surface area contributed by atoms with Gasteiger partial charge in [0, 0.05) is 32.3 Å². The molecular weight excluding hydrogens is 404 g/mol. The molecule has 1 saturated carbocycles. The van der Waals surface area contributed by atoms with Crippen molar-refractivity contribution in [3.8, 4) is 0 Å². The molecule has 1 atom stereocenters. The zero-order valence-corrected chi connectivity index (χ0v) is 19.8. The molecule has 0 amide bonds. The Balaban J connectivity index is 1.80. The second kappa shape index (κ2) is 8.64. The molecular formula is C26H34N2O4. The Hall–Kier alpha value is -2.76. The molecule has 0 N–H and O–H groups in total. The van der Waals surface area contributed by atoms with Gasteiger partial charge in [0.2, 0.25) is 0 Å². The van der Waals surface area contributed by atoms with E-state index in [0.717, 1.165) is 42.1 Å². The molecule has 1 aromatic heterocycles. The molecule has 3 aliphatic rings. The van der Waals surface area contributed by atoms with E-state index in [1.54, 1.807) is 19.2 Å². The van der Waals surface area contributed by atoms with Gasteiger partial charge in [-0.05, 0) is 43.3 Å². The van der Waals surface area contributed by atoms with E-state index in [-0.39, 0.29) is 29.1 Å². The van der Waals surface area contributed by atoms with E-state index in [1.807, 2.05) is 12.2 Å². The molecule has 1 fully saturated rings. The Morgan fingerprint density at radius 1 is 1.25 bits per heavy atom. The van der Waals surface area contributed by atoms with Gasteiger partial charge in [-0.2, -0.15) is 0 Å². The van der Waals surface area contributed by atoms with E-state index >= 15 is 0 Å². The number of pyridine rings is 1. The van der Waals surface area contributed by atoms with Crippen LogP contribution in [-0.4, -0.2) is 41.7 Å². The molecule has 4 rings (SSSR count). The fourth-order valence-corrected chi connectivity index (χ4v) is 4.62. The number of ether oxygens (including phenoxy) is 2. The Kier molecular flexibility index (Phi) is 6.06. The van der Waals surface area contributed by atoms with Crippen LogP contribution in [0.4, 0.5) is 0 Å².